The summed E-state index contributed by atoms with van der Waals surface area (Å²) >= 11 is 0.989. The molecule has 5 rings (SSSR count). The number of benzene rings is 2. The van der Waals surface area contributed by atoms with E-state index in [1.807, 2.05) is 0 Å². The molecule has 0 bridgehead atoms. The number of halogens is 4. The van der Waals surface area contributed by atoms with Crippen molar-refractivity contribution in [2.75, 3.05) is 0 Å². The Bertz CT molecular complexity index is 1390. The van der Waals surface area contributed by atoms with Crippen LogP contribution < -0.4 is 11.1 Å². The van der Waals surface area contributed by atoms with Gasteiger partial charge in [-0.15, -0.1) is 21.5 Å². The standard InChI is InChI=1S/C22H17F4N5O2S/c23-19-12(11-3-1-2-4-13(11)22(24,25)26)5-6-14-20(19)34-18(28-14)10-17-31-30-16(33-17)9-15(32)29-21(27)7-8-21/h1-6H,7-10,27H2,(H,29,32). The number of thiazole rings is 1. The Balaban J connectivity index is 1.37. The van der Waals surface area contributed by atoms with Crippen LogP contribution in [0.2, 0.25) is 0 Å². The highest BCUT2D eigenvalue weighted by molar-refractivity contribution is 7.18. The van der Waals surface area contributed by atoms with E-state index in [4.69, 9.17) is 10.2 Å². The van der Waals surface area contributed by atoms with E-state index in [1.165, 1.54) is 30.3 Å². The van der Waals surface area contributed by atoms with Gasteiger partial charge in [-0.3, -0.25) is 4.79 Å². The molecule has 0 atom stereocenters. The number of rotatable bonds is 6. The van der Waals surface area contributed by atoms with E-state index in [1.54, 1.807) is 0 Å². The lowest BCUT2D eigenvalue weighted by Crippen LogP contribution is -2.44. The van der Waals surface area contributed by atoms with Crippen molar-refractivity contribution in [3.8, 4) is 11.1 Å². The van der Waals surface area contributed by atoms with Gasteiger partial charge in [-0.2, -0.15) is 13.2 Å². The maximum absolute atomic E-state index is 15.3. The van der Waals surface area contributed by atoms with E-state index in [2.05, 4.69) is 20.5 Å². The molecule has 1 aliphatic rings. The minimum atomic E-state index is -4.62. The molecule has 12 heteroatoms. The molecule has 0 radical (unpaired) electrons. The second-order valence-electron chi connectivity index (χ2n) is 8.07. The van der Waals surface area contributed by atoms with Gasteiger partial charge in [0.25, 0.3) is 0 Å². The highest BCUT2D eigenvalue weighted by atomic mass is 32.1. The van der Waals surface area contributed by atoms with Gasteiger partial charge in [-0.1, -0.05) is 18.2 Å². The highest BCUT2D eigenvalue weighted by Gasteiger charge is 2.39. The van der Waals surface area contributed by atoms with E-state index >= 15 is 4.39 Å². The summed E-state index contributed by atoms with van der Waals surface area (Å²) in [6.45, 7) is 0. The van der Waals surface area contributed by atoms with Gasteiger partial charge in [-0.25, -0.2) is 9.37 Å². The minimum absolute atomic E-state index is 0.0860. The zero-order chi connectivity index (χ0) is 24.1. The van der Waals surface area contributed by atoms with Crippen LogP contribution in [0.15, 0.2) is 40.8 Å². The number of hydrogen-bond acceptors (Lipinski definition) is 7. The van der Waals surface area contributed by atoms with Crippen LogP contribution in [0.5, 0.6) is 0 Å². The fourth-order valence-corrected chi connectivity index (χ4v) is 4.53. The Morgan fingerprint density at radius 2 is 1.85 bits per heavy atom. The molecule has 7 nitrogen and oxygen atoms in total. The Morgan fingerprint density at radius 1 is 1.12 bits per heavy atom. The molecule has 1 amide bonds. The number of amides is 1. The molecule has 2 aromatic carbocycles. The Hall–Kier alpha value is -3.38. The van der Waals surface area contributed by atoms with Gasteiger partial charge in [0.05, 0.1) is 27.9 Å². The van der Waals surface area contributed by atoms with Gasteiger partial charge >= 0.3 is 6.18 Å². The average Bonchev–Trinajstić information content (AvgIpc) is 3.15. The van der Waals surface area contributed by atoms with Crippen molar-refractivity contribution in [3.63, 3.8) is 0 Å². The maximum atomic E-state index is 15.3. The average molecular weight is 491 g/mol. The summed E-state index contributed by atoms with van der Waals surface area (Å²) < 4.78 is 61.1. The molecule has 34 heavy (non-hydrogen) atoms. The molecule has 0 aliphatic heterocycles. The van der Waals surface area contributed by atoms with Crippen LogP contribution in [0.1, 0.15) is 35.2 Å². The number of alkyl halides is 3. The van der Waals surface area contributed by atoms with E-state index in [0.717, 1.165) is 17.4 Å². The molecule has 2 heterocycles. The molecular weight excluding hydrogens is 474 g/mol. The minimum Gasteiger partial charge on any atom is -0.424 e. The lowest BCUT2D eigenvalue weighted by atomic mass is 9.98. The fraction of sp³-hybridized carbons (Fsp3) is 0.273. The van der Waals surface area contributed by atoms with Crippen molar-refractivity contribution in [3.05, 3.63) is 64.6 Å². The number of nitrogens with zero attached hydrogens (tertiary/aromatic N) is 3. The van der Waals surface area contributed by atoms with Gasteiger partial charge in [0.2, 0.25) is 17.7 Å². The van der Waals surface area contributed by atoms with Crippen LogP contribution >= 0.6 is 11.3 Å². The molecule has 0 saturated heterocycles. The zero-order valence-electron chi connectivity index (χ0n) is 17.4. The third kappa shape index (κ3) is 4.50. The molecule has 4 aromatic rings. The molecule has 1 aliphatic carbocycles. The first kappa shape index (κ1) is 22.4. The Labute approximate surface area is 194 Å². The first-order valence-corrected chi connectivity index (χ1v) is 11.1. The van der Waals surface area contributed by atoms with Crippen LogP contribution in [0.25, 0.3) is 21.3 Å². The number of fused-ring (bicyclic) bond motifs is 1. The largest absolute Gasteiger partial charge is 0.424 e. The normalized spacial score (nSPS) is 15.0. The van der Waals surface area contributed by atoms with Crippen LogP contribution in [-0.4, -0.2) is 26.8 Å². The lowest BCUT2D eigenvalue weighted by Gasteiger charge is -2.13. The molecule has 176 valence electrons. The molecule has 1 saturated carbocycles. The molecule has 2 aromatic heterocycles. The summed E-state index contributed by atoms with van der Waals surface area (Å²) in [5.41, 5.74) is 4.19. The summed E-state index contributed by atoms with van der Waals surface area (Å²) in [7, 11) is 0. The van der Waals surface area contributed by atoms with E-state index in [9.17, 15) is 18.0 Å². The second-order valence-corrected chi connectivity index (χ2v) is 9.16. The van der Waals surface area contributed by atoms with Gasteiger partial charge in [0.1, 0.15) is 17.2 Å². The van der Waals surface area contributed by atoms with Gasteiger partial charge in [0, 0.05) is 5.56 Å². The number of nitrogens with two attached hydrogens (primary N) is 1. The summed E-state index contributed by atoms with van der Waals surface area (Å²) in [4.78, 5) is 16.3. The van der Waals surface area contributed by atoms with Crippen molar-refractivity contribution in [2.24, 2.45) is 5.73 Å². The van der Waals surface area contributed by atoms with Crippen molar-refractivity contribution in [1.29, 1.82) is 0 Å². The predicted octanol–water partition coefficient (Wildman–Crippen LogP) is 4.20. The number of hydrogen-bond donors (Lipinski definition) is 2. The smallest absolute Gasteiger partial charge is 0.417 e. The summed E-state index contributed by atoms with van der Waals surface area (Å²) in [5, 5.41) is 10.9. The van der Waals surface area contributed by atoms with E-state index in [-0.39, 0.29) is 46.4 Å². The number of carbonyl (C=O) groups is 1. The van der Waals surface area contributed by atoms with Crippen molar-refractivity contribution >= 4 is 27.5 Å². The van der Waals surface area contributed by atoms with Gasteiger partial charge in [0.15, 0.2) is 0 Å². The Morgan fingerprint density at radius 3 is 2.59 bits per heavy atom. The monoisotopic (exact) mass is 491 g/mol. The van der Waals surface area contributed by atoms with E-state index in [0.29, 0.717) is 23.4 Å². The number of aromatic nitrogens is 3. The first-order chi connectivity index (χ1) is 16.1. The number of carbonyl (C=O) groups excluding carboxylic acids is 1. The fourth-order valence-electron chi connectivity index (χ4n) is 3.53. The third-order valence-corrected chi connectivity index (χ3v) is 6.43. The van der Waals surface area contributed by atoms with Gasteiger partial charge in [-0.05, 0) is 36.6 Å². The molecule has 0 spiro atoms. The van der Waals surface area contributed by atoms with Crippen LogP contribution in [0.4, 0.5) is 17.6 Å². The van der Waals surface area contributed by atoms with Crippen LogP contribution in [0.3, 0.4) is 0 Å². The molecule has 1 fully saturated rings. The SMILES string of the molecule is NC1(NC(=O)Cc2nnc(Cc3nc4ccc(-c5ccccc5C(F)(F)F)c(F)c4s3)o2)CC1. The third-order valence-electron chi connectivity index (χ3n) is 5.36. The molecule has 0 unspecified atom stereocenters. The first-order valence-electron chi connectivity index (χ1n) is 10.3. The quantitative estimate of drug-likeness (QED) is 0.309. The highest BCUT2D eigenvalue weighted by Crippen LogP contribution is 2.40. The summed E-state index contributed by atoms with van der Waals surface area (Å²) in [5.74, 6) is -0.825. The predicted molar refractivity (Wildman–Crippen MR) is 115 cm³/mol. The van der Waals surface area contributed by atoms with Crippen molar-refractivity contribution < 1.29 is 26.8 Å². The van der Waals surface area contributed by atoms with Gasteiger partial charge < -0.3 is 15.5 Å². The molecule has 3 N–H and O–H groups in total. The summed E-state index contributed by atoms with van der Waals surface area (Å²) in [6.07, 6.45) is -3.23. The topological polar surface area (TPSA) is 107 Å². The van der Waals surface area contributed by atoms with E-state index < -0.39 is 23.2 Å². The lowest BCUT2D eigenvalue weighted by molar-refractivity contribution is -0.137. The number of nitrogens with one attached hydrogen (secondary N) is 1. The molecular formula is C22H17F4N5O2S. The second kappa shape index (κ2) is 8.13. The Kier molecular flexibility index (Phi) is 5.36. The van der Waals surface area contributed by atoms with Crippen LogP contribution in [0, 0.1) is 5.82 Å². The van der Waals surface area contributed by atoms with Crippen molar-refractivity contribution in [1.82, 2.24) is 20.5 Å². The summed E-state index contributed by atoms with van der Waals surface area (Å²) in [6, 6.07) is 7.61. The van der Waals surface area contributed by atoms with Crippen molar-refractivity contribution in [2.45, 2.75) is 37.5 Å². The zero-order valence-corrected chi connectivity index (χ0v) is 18.3. The van der Waals surface area contributed by atoms with Crippen LogP contribution in [-0.2, 0) is 23.8 Å². The maximum Gasteiger partial charge on any atom is 0.417 e.